The van der Waals surface area contributed by atoms with Gasteiger partial charge in [-0.25, -0.2) is 0 Å². The Labute approximate surface area is 170 Å². The summed E-state index contributed by atoms with van der Waals surface area (Å²) in [5, 5.41) is 6.97. The fourth-order valence-corrected chi connectivity index (χ4v) is 3.18. The summed E-state index contributed by atoms with van der Waals surface area (Å²) in [6.45, 7) is 16.1. The molecular weight excluding hydrogens is 352 g/mol. The van der Waals surface area contributed by atoms with Gasteiger partial charge >= 0.3 is 0 Å². The zero-order valence-corrected chi connectivity index (χ0v) is 18.4. The molecule has 6 heteroatoms. The van der Waals surface area contributed by atoms with Crippen molar-refractivity contribution in [1.82, 2.24) is 15.5 Å². The molecule has 6 nitrogen and oxygen atoms in total. The highest BCUT2D eigenvalue weighted by Crippen LogP contribution is 2.19. The molecular formula is C22H38N4O2. The highest BCUT2D eigenvalue weighted by atomic mass is 16.5. The second kappa shape index (κ2) is 10.7. The number of aliphatic imine (C=N–C) groups is 1. The molecule has 158 valence electrons. The summed E-state index contributed by atoms with van der Waals surface area (Å²) in [5.74, 6) is 2.25. The highest BCUT2D eigenvalue weighted by Gasteiger charge is 2.28. The summed E-state index contributed by atoms with van der Waals surface area (Å²) < 4.78 is 11.2. The number of guanidine groups is 1. The fraction of sp³-hybridized carbons (Fsp3) is 0.682. The van der Waals surface area contributed by atoms with Gasteiger partial charge in [-0.3, -0.25) is 9.89 Å². The molecule has 1 atom stereocenters. The van der Waals surface area contributed by atoms with Crippen molar-refractivity contribution in [2.24, 2.45) is 10.9 Å². The van der Waals surface area contributed by atoms with Crippen LogP contribution in [0.1, 0.15) is 46.2 Å². The number of morpholine rings is 1. The zero-order chi connectivity index (χ0) is 20.6. The lowest BCUT2D eigenvalue weighted by atomic mass is 10.0. The highest BCUT2D eigenvalue weighted by molar-refractivity contribution is 5.80. The monoisotopic (exact) mass is 390 g/mol. The maximum atomic E-state index is 5.77. The predicted molar refractivity (Wildman–Crippen MR) is 116 cm³/mol. The molecule has 2 rings (SSSR count). The van der Waals surface area contributed by atoms with Gasteiger partial charge in [-0.2, -0.15) is 0 Å². The molecule has 1 fully saturated rings. The molecule has 1 heterocycles. The van der Waals surface area contributed by atoms with Crippen LogP contribution in [-0.2, 0) is 4.74 Å². The minimum Gasteiger partial charge on any atom is -0.493 e. The Morgan fingerprint density at radius 2 is 1.82 bits per heavy atom. The molecule has 1 aliphatic heterocycles. The van der Waals surface area contributed by atoms with Gasteiger partial charge in [0.2, 0.25) is 0 Å². The lowest BCUT2D eigenvalue weighted by Gasteiger charge is -2.41. The van der Waals surface area contributed by atoms with E-state index in [4.69, 9.17) is 9.47 Å². The van der Waals surface area contributed by atoms with Gasteiger partial charge in [-0.05, 0) is 44.4 Å². The summed E-state index contributed by atoms with van der Waals surface area (Å²) in [7, 11) is 1.81. The second-order valence-electron chi connectivity index (χ2n) is 8.48. The number of hydrogen-bond donors (Lipinski definition) is 2. The van der Waals surface area contributed by atoms with E-state index in [0.29, 0.717) is 5.92 Å². The van der Waals surface area contributed by atoms with Crippen LogP contribution in [0, 0.1) is 5.92 Å². The molecule has 1 aromatic carbocycles. The quantitative estimate of drug-likeness (QED) is 0.528. The van der Waals surface area contributed by atoms with Gasteiger partial charge in [0, 0.05) is 32.2 Å². The molecule has 0 aliphatic carbocycles. The molecule has 0 bridgehead atoms. The van der Waals surface area contributed by atoms with Gasteiger partial charge in [-0.1, -0.05) is 26.0 Å². The molecule has 1 saturated heterocycles. The standard InChI is InChI=1S/C22H38N4O2/c1-17(2)15-28-20-9-7-19(8-10-20)18(3)25-21(23-6)24-16-22(4,5)26-11-13-27-14-12-26/h7-10,17-18H,11-16H2,1-6H3,(H2,23,24,25). The predicted octanol–water partition coefficient (Wildman–Crippen LogP) is 3.06. The first kappa shape index (κ1) is 22.5. The van der Waals surface area contributed by atoms with E-state index in [1.54, 1.807) is 0 Å². The van der Waals surface area contributed by atoms with Crippen molar-refractivity contribution < 1.29 is 9.47 Å². The maximum Gasteiger partial charge on any atom is 0.191 e. The number of benzene rings is 1. The van der Waals surface area contributed by atoms with E-state index in [-0.39, 0.29) is 11.6 Å². The van der Waals surface area contributed by atoms with Gasteiger partial charge in [-0.15, -0.1) is 0 Å². The third kappa shape index (κ3) is 6.99. The molecule has 0 spiro atoms. The topological polar surface area (TPSA) is 58.1 Å². The van der Waals surface area contributed by atoms with Crippen LogP contribution in [0.4, 0.5) is 0 Å². The Morgan fingerprint density at radius 1 is 1.18 bits per heavy atom. The normalized spacial score (nSPS) is 17.5. The van der Waals surface area contributed by atoms with Crippen LogP contribution < -0.4 is 15.4 Å². The van der Waals surface area contributed by atoms with Gasteiger partial charge in [0.05, 0.1) is 25.9 Å². The number of nitrogens with one attached hydrogen (secondary N) is 2. The first-order valence-electron chi connectivity index (χ1n) is 10.3. The Hall–Kier alpha value is -1.79. The van der Waals surface area contributed by atoms with Crippen molar-refractivity contribution >= 4 is 5.96 Å². The zero-order valence-electron chi connectivity index (χ0n) is 18.4. The SMILES string of the molecule is CN=C(NCC(C)(C)N1CCOCC1)NC(C)c1ccc(OCC(C)C)cc1. The van der Waals surface area contributed by atoms with Crippen LogP contribution >= 0.6 is 0 Å². The molecule has 1 aromatic rings. The molecule has 1 aliphatic rings. The van der Waals surface area contributed by atoms with Crippen molar-refractivity contribution in [2.75, 3.05) is 46.5 Å². The minimum atomic E-state index is 0.0417. The van der Waals surface area contributed by atoms with Crippen LogP contribution in [-0.4, -0.2) is 62.9 Å². The lowest BCUT2D eigenvalue weighted by molar-refractivity contribution is -0.00834. The lowest BCUT2D eigenvalue weighted by Crippen LogP contribution is -2.56. The van der Waals surface area contributed by atoms with Gasteiger partial charge in [0.15, 0.2) is 5.96 Å². The summed E-state index contributed by atoms with van der Waals surface area (Å²) in [6, 6.07) is 8.44. The van der Waals surface area contributed by atoms with Crippen LogP contribution in [0.2, 0.25) is 0 Å². The van der Waals surface area contributed by atoms with Gasteiger partial charge in [0.1, 0.15) is 5.75 Å². The minimum absolute atomic E-state index is 0.0417. The third-order valence-electron chi connectivity index (χ3n) is 5.10. The van der Waals surface area contributed by atoms with Gasteiger partial charge in [0.25, 0.3) is 0 Å². The molecule has 28 heavy (non-hydrogen) atoms. The Bertz CT molecular complexity index is 607. The number of nitrogens with zero attached hydrogens (tertiary/aromatic N) is 2. The average molecular weight is 391 g/mol. The van der Waals surface area contributed by atoms with E-state index >= 15 is 0 Å². The van der Waals surface area contributed by atoms with E-state index in [1.807, 2.05) is 19.2 Å². The van der Waals surface area contributed by atoms with Crippen LogP contribution in [0.3, 0.4) is 0 Å². The Kier molecular flexibility index (Phi) is 8.58. The summed E-state index contributed by atoms with van der Waals surface area (Å²) in [6.07, 6.45) is 0. The maximum absolute atomic E-state index is 5.77. The number of hydrogen-bond acceptors (Lipinski definition) is 4. The van der Waals surface area contributed by atoms with E-state index in [2.05, 4.69) is 67.3 Å². The summed E-state index contributed by atoms with van der Waals surface area (Å²) in [4.78, 5) is 6.86. The second-order valence-corrected chi connectivity index (χ2v) is 8.48. The third-order valence-corrected chi connectivity index (χ3v) is 5.10. The summed E-state index contributed by atoms with van der Waals surface area (Å²) in [5.41, 5.74) is 1.24. The van der Waals surface area contributed by atoms with E-state index in [1.165, 1.54) is 5.56 Å². The van der Waals surface area contributed by atoms with Crippen LogP contribution in [0.15, 0.2) is 29.3 Å². The van der Waals surface area contributed by atoms with Crippen LogP contribution in [0.25, 0.3) is 0 Å². The van der Waals surface area contributed by atoms with E-state index in [9.17, 15) is 0 Å². The van der Waals surface area contributed by atoms with Crippen molar-refractivity contribution in [3.63, 3.8) is 0 Å². The average Bonchev–Trinajstić information content (AvgIpc) is 2.70. The Morgan fingerprint density at radius 3 is 2.39 bits per heavy atom. The molecule has 0 amide bonds. The van der Waals surface area contributed by atoms with E-state index < -0.39 is 0 Å². The molecule has 0 saturated carbocycles. The fourth-order valence-electron chi connectivity index (χ4n) is 3.18. The molecule has 1 unspecified atom stereocenters. The number of rotatable bonds is 8. The summed E-state index contributed by atoms with van der Waals surface area (Å²) >= 11 is 0. The molecule has 2 N–H and O–H groups in total. The first-order valence-corrected chi connectivity index (χ1v) is 10.3. The molecule has 0 radical (unpaired) electrons. The molecule has 0 aromatic heterocycles. The van der Waals surface area contributed by atoms with Crippen LogP contribution in [0.5, 0.6) is 5.75 Å². The smallest absolute Gasteiger partial charge is 0.191 e. The Balaban J connectivity index is 1.86. The van der Waals surface area contributed by atoms with Crippen molar-refractivity contribution in [2.45, 2.75) is 46.2 Å². The van der Waals surface area contributed by atoms with Crippen molar-refractivity contribution in [3.8, 4) is 5.75 Å². The van der Waals surface area contributed by atoms with Crippen molar-refractivity contribution in [3.05, 3.63) is 29.8 Å². The van der Waals surface area contributed by atoms with Crippen molar-refractivity contribution in [1.29, 1.82) is 0 Å². The first-order chi connectivity index (χ1) is 13.3. The van der Waals surface area contributed by atoms with Gasteiger partial charge < -0.3 is 20.1 Å². The van der Waals surface area contributed by atoms with E-state index in [0.717, 1.165) is 51.2 Å². The largest absolute Gasteiger partial charge is 0.493 e. The number of ether oxygens (including phenoxy) is 2.